The SMILES string of the molecule is Cc1cc(F)c(N2C(=O)CN(CC(F)(F)F)C2=O)cc1SCC(F)(F)F. The minimum atomic E-state index is -4.76. The van der Waals surface area contributed by atoms with Crippen molar-refractivity contribution in [3.05, 3.63) is 23.5 Å². The zero-order chi connectivity index (χ0) is 19.9. The van der Waals surface area contributed by atoms with Crippen molar-refractivity contribution in [2.45, 2.75) is 24.2 Å². The second-order valence-electron chi connectivity index (χ2n) is 5.46. The Morgan fingerprint density at radius 3 is 2.23 bits per heavy atom. The molecule has 1 saturated heterocycles. The van der Waals surface area contributed by atoms with E-state index in [9.17, 15) is 40.3 Å². The zero-order valence-electron chi connectivity index (χ0n) is 13.0. The summed E-state index contributed by atoms with van der Waals surface area (Å²) in [6.07, 6.45) is -9.26. The third kappa shape index (κ3) is 4.80. The van der Waals surface area contributed by atoms with E-state index >= 15 is 0 Å². The summed E-state index contributed by atoms with van der Waals surface area (Å²) in [7, 11) is 0. The van der Waals surface area contributed by atoms with Crippen LogP contribution in [0.3, 0.4) is 0 Å². The predicted octanol–water partition coefficient (Wildman–Crippen LogP) is 4.12. The molecule has 0 aromatic heterocycles. The number of amides is 3. The van der Waals surface area contributed by atoms with Gasteiger partial charge in [0.05, 0.1) is 11.4 Å². The van der Waals surface area contributed by atoms with Gasteiger partial charge in [0.15, 0.2) is 0 Å². The van der Waals surface area contributed by atoms with Gasteiger partial charge in [-0.25, -0.2) is 14.1 Å². The molecule has 1 aromatic carbocycles. The molecule has 1 aliphatic rings. The highest BCUT2D eigenvalue weighted by molar-refractivity contribution is 7.99. The van der Waals surface area contributed by atoms with Crippen LogP contribution in [0.4, 0.5) is 41.2 Å². The molecule has 0 radical (unpaired) electrons. The van der Waals surface area contributed by atoms with Gasteiger partial charge >= 0.3 is 18.4 Å². The lowest BCUT2D eigenvalue weighted by molar-refractivity contribution is -0.139. The highest BCUT2D eigenvalue weighted by atomic mass is 32.2. The Morgan fingerprint density at radius 2 is 1.69 bits per heavy atom. The highest BCUT2D eigenvalue weighted by Crippen LogP contribution is 2.35. The summed E-state index contributed by atoms with van der Waals surface area (Å²) < 4.78 is 88.5. The quantitative estimate of drug-likeness (QED) is 0.431. The van der Waals surface area contributed by atoms with Crippen molar-refractivity contribution in [3.8, 4) is 0 Å². The number of carbonyl (C=O) groups is 2. The summed E-state index contributed by atoms with van der Waals surface area (Å²) >= 11 is 0.314. The number of benzene rings is 1. The van der Waals surface area contributed by atoms with Gasteiger partial charge in [-0.2, -0.15) is 26.3 Å². The van der Waals surface area contributed by atoms with Crippen LogP contribution in [0.5, 0.6) is 0 Å². The minimum Gasteiger partial charge on any atom is -0.306 e. The number of aryl methyl sites for hydroxylation is 1. The lowest BCUT2D eigenvalue weighted by atomic mass is 10.2. The summed E-state index contributed by atoms with van der Waals surface area (Å²) in [5.74, 6) is -3.50. The summed E-state index contributed by atoms with van der Waals surface area (Å²) in [5, 5.41) is 0. The van der Waals surface area contributed by atoms with Crippen molar-refractivity contribution >= 4 is 29.4 Å². The molecule has 0 N–H and O–H groups in total. The molecule has 0 saturated carbocycles. The molecule has 0 bridgehead atoms. The minimum absolute atomic E-state index is 0.0476. The fourth-order valence-corrected chi connectivity index (χ4v) is 3.06. The van der Waals surface area contributed by atoms with E-state index in [1.54, 1.807) is 0 Å². The van der Waals surface area contributed by atoms with Gasteiger partial charge in [-0.3, -0.25) is 4.79 Å². The summed E-state index contributed by atoms with van der Waals surface area (Å²) in [6, 6.07) is 0.288. The second-order valence-corrected chi connectivity index (χ2v) is 6.47. The first-order valence-corrected chi connectivity index (χ1v) is 7.95. The Balaban J connectivity index is 2.32. The predicted molar refractivity (Wildman–Crippen MR) is 78.4 cm³/mol. The van der Waals surface area contributed by atoms with Crippen LogP contribution in [0.15, 0.2) is 17.0 Å². The molecule has 0 unspecified atom stereocenters. The molecule has 3 amide bonds. The van der Waals surface area contributed by atoms with E-state index in [0.29, 0.717) is 11.8 Å². The van der Waals surface area contributed by atoms with E-state index in [2.05, 4.69) is 0 Å². The van der Waals surface area contributed by atoms with Gasteiger partial charge < -0.3 is 4.90 Å². The maximum Gasteiger partial charge on any atom is 0.406 e. The molecule has 26 heavy (non-hydrogen) atoms. The molecule has 1 aliphatic heterocycles. The molecule has 0 spiro atoms. The van der Waals surface area contributed by atoms with Crippen molar-refractivity contribution in [2.75, 3.05) is 23.7 Å². The van der Waals surface area contributed by atoms with Crippen LogP contribution in [0.25, 0.3) is 0 Å². The summed E-state index contributed by atoms with van der Waals surface area (Å²) in [5.41, 5.74) is -0.549. The maximum absolute atomic E-state index is 14.1. The molecule has 1 fully saturated rings. The molecule has 0 aliphatic carbocycles. The van der Waals surface area contributed by atoms with Crippen molar-refractivity contribution < 1.29 is 40.3 Å². The van der Waals surface area contributed by atoms with Crippen molar-refractivity contribution in [1.29, 1.82) is 0 Å². The average Bonchev–Trinajstić information content (AvgIpc) is 2.70. The van der Waals surface area contributed by atoms with Crippen molar-refractivity contribution in [2.24, 2.45) is 0 Å². The third-order valence-corrected chi connectivity index (χ3v) is 4.51. The highest BCUT2D eigenvalue weighted by Gasteiger charge is 2.43. The molecule has 144 valence electrons. The number of halogens is 7. The number of imide groups is 1. The molecule has 1 aromatic rings. The average molecular weight is 404 g/mol. The van der Waals surface area contributed by atoms with Gasteiger partial charge in [-0.05, 0) is 24.6 Å². The number of rotatable bonds is 4. The normalized spacial score (nSPS) is 16.0. The molecule has 1 heterocycles. The molecular formula is C14H11F7N2O2S. The van der Waals surface area contributed by atoms with Crippen LogP contribution in [0.2, 0.25) is 0 Å². The fraction of sp³-hybridized carbons (Fsp3) is 0.429. The van der Waals surface area contributed by atoms with Gasteiger partial charge in [0, 0.05) is 4.90 Å². The number of hydrogen-bond donors (Lipinski definition) is 0. The first kappa shape index (κ1) is 20.3. The fourth-order valence-electron chi connectivity index (χ4n) is 2.26. The van der Waals surface area contributed by atoms with Crippen LogP contribution in [-0.2, 0) is 4.79 Å². The Hall–Kier alpha value is -1.98. The summed E-state index contributed by atoms with van der Waals surface area (Å²) in [6.45, 7) is -1.27. The lowest BCUT2D eigenvalue weighted by Gasteiger charge is -2.20. The van der Waals surface area contributed by atoms with Crippen molar-refractivity contribution in [3.63, 3.8) is 0 Å². The van der Waals surface area contributed by atoms with Gasteiger partial charge in [-0.15, -0.1) is 11.8 Å². The van der Waals surface area contributed by atoms with Crippen LogP contribution < -0.4 is 4.90 Å². The van der Waals surface area contributed by atoms with Crippen LogP contribution in [0, 0.1) is 12.7 Å². The first-order chi connectivity index (χ1) is 11.8. The number of alkyl halides is 6. The number of nitrogens with zero attached hydrogens (tertiary/aromatic N) is 2. The smallest absolute Gasteiger partial charge is 0.306 e. The largest absolute Gasteiger partial charge is 0.406 e. The van der Waals surface area contributed by atoms with Gasteiger partial charge in [0.1, 0.15) is 18.9 Å². The van der Waals surface area contributed by atoms with Crippen molar-refractivity contribution in [1.82, 2.24) is 4.90 Å². The van der Waals surface area contributed by atoms with Crippen LogP contribution >= 0.6 is 11.8 Å². The monoisotopic (exact) mass is 404 g/mol. The van der Waals surface area contributed by atoms with Crippen LogP contribution in [-0.4, -0.2) is 48.0 Å². The summed E-state index contributed by atoms with van der Waals surface area (Å²) in [4.78, 5) is 24.3. The topological polar surface area (TPSA) is 40.6 Å². The van der Waals surface area contributed by atoms with E-state index in [1.807, 2.05) is 0 Å². The van der Waals surface area contributed by atoms with E-state index in [0.717, 1.165) is 12.1 Å². The van der Waals surface area contributed by atoms with E-state index < -0.39 is 54.6 Å². The first-order valence-electron chi connectivity index (χ1n) is 6.97. The molecule has 2 rings (SSSR count). The number of anilines is 1. The maximum atomic E-state index is 14.1. The van der Waals surface area contributed by atoms with Crippen LogP contribution in [0.1, 0.15) is 5.56 Å². The third-order valence-electron chi connectivity index (χ3n) is 3.28. The second kappa shape index (κ2) is 6.97. The molecule has 4 nitrogen and oxygen atoms in total. The Labute approximate surface area is 146 Å². The van der Waals surface area contributed by atoms with E-state index in [1.165, 1.54) is 6.92 Å². The molecular weight excluding hydrogens is 393 g/mol. The molecule has 0 atom stereocenters. The zero-order valence-corrected chi connectivity index (χ0v) is 13.9. The van der Waals surface area contributed by atoms with Gasteiger partial charge in [0.2, 0.25) is 0 Å². The standard InChI is InChI=1S/C14H11F7N2O2S/c1-7-2-8(15)9(3-10(7)26-6-14(19,20)21)23-11(24)4-22(12(23)25)5-13(16,17)18/h2-3H,4-6H2,1H3. The number of hydrogen-bond acceptors (Lipinski definition) is 3. The number of carbonyl (C=O) groups excluding carboxylic acids is 2. The van der Waals surface area contributed by atoms with E-state index in [-0.39, 0.29) is 20.3 Å². The number of urea groups is 1. The lowest BCUT2D eigenvalue weighted by Crippen LogP contribution is -2.38. The van der Waals surface area contributed by atoms with Gasteiger partial charge in [0.25, 0.3) is 5.91 Å². The Morgan fingerprint density at radius 1 is 1.08 bits per heavy atom. The van der Waals surface area contributed by atoms with E-state index in [4.69, 9.17) is 0 Å². The molecule has 12 heteroatoms. The Bertz CT molecular complexity index is 733. The number of thioether (sulfide) groups is 1. The van der Waals surface area contributed by atoms with Gasteiger partial charge in [-0.1, -0.05) is 0 Å². The Kier molecular flexibility index (Phi) is 5.45.